The summed E-state index contributed by atoms with van der Waals surface area (Å²) in [6, 6.07) is 5.72. The van der Waals surface area contributed by atoms with Crippen molar-refractivity contribution in [1.82, 2.24) is 4.90 Å². The zero-order chi connectivity index (χ0) is 14.5. The second-order valence-corrected chi connectivity index (χ2v) is 6.99. The average molecular weight is 379 g/mol. The predicted molar refractivity (Wildman–Crippen MR) is 87.8 cm³/mol. The molecule has 110 valence electrons. The van der Waals surface area contributed by atoms with Crippen LogP contribution in [0.3, 0.4) is 0 Å². The quantitative estimate of drug-likeness (QED) is 0.782. The number of carbonyl (C=O) groups excluding carboxylic acids is 1. The molecule has 0 radical (unpaired) electrons. The van der Waals surface area contributed by atoms with Gasteiger partial charge in [-0.25, -0.2) is 0 Å². The molecule has 1 atom stereocenters. The molecular weight excluding hydrogens is 362 g/mol. The van der Waals surface area contributed by atoms with Crippen molar-refractivity contribution in [1.29, 1.82) is 0 Å². The molecule has 1 aromatic rings. The molecule has 1 unspecified atom stereocenters. The molecule has 0 saturated carbocycles. The number of nitrogens with zero attached hydrogens (tertiary/aromatic N) is 1. The lowest BCUT2D eigenvalue weighted by Gasteiger charge is -2.28. The first-order valence-corrected chi connectivity index (χ1v) is 8.79. The van der Waals surface area contributed by atoms with Crippen LogP contribution in [0.1, 0.15) is 16.8 Å². The van der Waals surface area contributed by atoms with Crippen LogP contribution in [0.25, 0.3) is 0 Å². The van der Waals surface area contributed by atoms with Crippen LogP contribution in [-0.2, 0) is 4.74 Å². The fourth-order valence-electron chi connectivity index (χ4n) is 2.23. The molecule has 1 amide bonds. The fraction of sp³-hybridized carbons (Fsp3) is 0.500. The molecule has 1 heterocycles. The van der Waals surface area contributed by atoms with Crippen LogP contribution in [0.2, 0.25) is 5.02 Å². The number of methoxy groups -OCH3 is 1. The standard InChI is InChI=1S/C14H17BrClNO2S/c1-19-7-6-17(10-5-8-20-9-10)14(18)11-3-2-4-12(15)13(11)16/h2-4,10H,5-9H2,1H3. The fourth-order valence-corrected chi connectivity index (χ4v) is 4.03. The van der Waals surface area contributed by atoms with Crippen LogP contribution < -0.4 is 0 Å². The van der Waals surface area contributed by atoms with E-state index in [1.54, 1.807) is 13.2 Å². The predicted octanol–water partition coefficient (Wildman–Crippen LogP) is 3.70. The molecule has 0 aliphatic carbocycles. The first-order chi connectivity index (χ1) is 9.65. The number of rotatable bonds is 5. The molecule has 1 aliphatic heterocycles. The van der Waals surface area contributed by atoms with E-state index in [4.69, 9.17) is 16.3 Å². The summed E-state index contributed by atoms with van der Waals surface area (Å²) in [6.07, 6.45) is 1.03. The molecule has 3 nitrogen and oxygen atoms in total. The molecule has 6 heteroatoms. The second-order valence-electron chi connectivity index (χ2n) is 4.61. The van der Waals surface area contributed by atoms with E-state index in [-0.39, 0.29) is 11.9 Å². The van der Waals surface area contributed by atoms with Gasteiger partial charge in [-0.05, 0) is 40.2 Å². The van der Waals surface area contributed by atoms with Crippen molar-refractivity contribution < 1.29 is 9.53 Å². The summed E-state index contributed by atoms with van der Waals surface area (Å²) in [5.74, 6) is 2.08. The topological polar surface area (TPSA) is 29.5 Å². The van der Waals surface area contributed by atoms with Crippen molar-refractivity contribution >= 4 is 45.2 Å². The minimum absolute atomic E-state index is 0.0131. The lowest BCUT2D eigenvalue weighted by Crippen LogP contribution is -2.42. The van der Waals surface area contributed by atoms with Gasteiger partial charge in [0.25, 0.3) is 5.91 Å². The molecule has 1 aromatic carbocycles. The highest BCUT2D eigenvalue weighted by molar-refractivity contribution is 9.10. The van der Waals surface area contributed by atoms with Crippen molar-refractivity contribution in [2.45, 2.75) is 12.5 Å². The second kappa shape index (κ2) is 7.69. The largest absolute Gasteiger partial charge is 0.383 e. The summed E-state index contributed by atoms with van der Waals surface area (Å²) in [5, 5.41) is 0.477. The maximum Gasteiger partial charge on any atom is 0.255 e. The maximum atomic E-state index is 12.8. The summed E-state index contributed by atoms with van der Waals surface area (Å²) < 4.78 is 5.88. The third-order valence-corrected chi connectivity index (χ3v) is 5.77. The number of amides is 1. The van der Waals surface area contributed by atoms with Gasteiger partial charge in [0.15, 0.2) is 0 Å². The first-order valence-electron chi connectivity index (χ1n) is 6.46. The van der Waals surface area contributed by atoms with Gasteiger partial charge in [0.2, 0.25) is 0 Å². The number of thioether (sulfide) groups is 1. The van der Waals surface area contributed by atoms with Crippen molar-refractivity contribution in [2.24, 2.45) is 0 Å². The summed E-state index contributed by atoms with van der Waals surface area (Å²) in [4.78, 5) is 14.7. The summed E-state index contributed by atoms with van der Waals surface area (Å²) in [5.41, 5.74) is 0.550. The lowest BCUT2D eigenvalue weighted by atomic mass is 10.1. The van der Waals surface area contributed by atoms with E-state index in [0.717, 1.165) is 22.4 Å². The number of carbonyl (C=O) groups is 1. The molecule has 1 saturated heterocycles. The average Bonchev–Trinajstić information content (AvgIpc) is 2.96. The Morgan fingerprint density at radius 2 is 2.40 bits per heavy atom. The Morgan fingerprint density at radius 3 is 3.05 bits per heavy atom. The number of halogens is 2. The third kappa shape index (κ3) is 3.70. The summed E-state index contributed by atoms with van der Waals surface area (Å²) in [6.45, 7) is 1.14. The third-order valence-electron chi connectivity index (χ3n) is 3.33. The Morgan fingerprint density at radius 1 is 1.60 bits per heavy atom. The minimum Gasteiger partial charge on any atom is -0.383 e. The van der Waals surface area contributed by atoms with Crippen LogP contribution in [-0.4, -0.2) is 48.6 Å². The van der Waals surface area contributed by atoms with E-state index in [1.165, 1.54) is 0 Å². The number of benzene rings is 1. The normalized spacial score (nSPS) is 18.2. The van der Waals surface area contributed by atoms with Gasteiger partial charge < -0.3 is 9.64 Å². The Balaban J connectivity index is 2.22. The van der Waals surface area contributed by atoms with Crippen LogP contribution in [0, 0.1) is 0 Å². The van der Waals surface area contributed by atoms with Crippen LogP contribution in [0.4, 0.5) is 0 Å². The SMILES string of the molecule is COCCN(C(=O)c1cccc(Br)c1Cl)C1CCSC1. The van der Waals surface area contributed by atoms with Gasteiger partial charge in [-0.1, -0.05) is 17.7 Å². The van der Waals surface area contributed by atoms with Crippen LogP contribution >= 0.6 is 39.3 Å². The lowest BCUT2D eigenvalue weighted by molar-refractivity contribution is 0.0625. The van der Waals surface area contributed by atoms with Gasteiger partial charge in [0.05, 0.1) is 17.2 Å². The zero-order valence-electron chi connectivity index (χ0n) is 11.3. The molecule has 0 N–H and O–H groups in total. The van der Waals surface area contributed by atoms with Gasteiger partial charge in [-0.15, -0.1) is 0 Å². The molecule has 1 aliphatic rings. The smallest absolute Gasteiger partial charge is 0.255 e. The molecule has 2 rings (SSSR count). The van der Waals surface area contributed by atoms with Crippen LogP contribution in [0.15, 0.2) is 22.7 Å². The van der Waals surface area contributed by atoms with Gasteiger partial charge >= 0.3 is 0 Å². The van der Waals surface area contributed by atoms with Crippen molar-refractivity contribution in [2.75, 3.05) is 31.8 Å². The van der Waals surface area contributed by atoms with E-state index in [2.05, 4.69) is 15.9 Å². The van der Waals surface area contributed by atoms with Crippen molar-refractivity contribution in [3.05, 3.63) is 33.3 Å². The highest BCUT2D eigenvalue weighted by Gasteiger charge is 2.28. The maximum absolute atomic E-state index is 12.8. The Hall–Kier alpha value is -0.230. The van der Waals surface area contributed by atoms with Gasteiger partial charge in [0, 0.05) is 29.9 Å². The van der Waals surface area contributed by atoms with Gasteiger partial charge in [-0.2, -0.15) is 11.8 Å². The van der Waals surface area contributed by atoms with E-state index in [0.29, 0.717) is 23.7 Å². The molecule has 1 fully saturated rings. The van der Waals surface area contributed by atoms with E-state index >= 15 is 0 Å². The Labute approximate surface area is 137 Å². The number of ether oxygens (including phenoxy) is 1. The molecule has 20 heavy (non-hydrogen) atoms. The van der Waals surface area contributed by atoms with Crippen molar-refractivity contribution in [3.63, 3.8) is 0 Å². The Bertz CT molecular complexity index is 480. The van der Waals surface area contributed by atoms with E-state index < -0.39 is 0 Å². The van der Waals surface area contributed by atoms with Crippen LogP contribution in [0.5, 0.6) is 0 Å². The minimum atomic E-state index is -0.0131. The number of hydrogen-bond acceptors (Lipinski definition) is 3. The monoisotopic (exact) mass is 377 g/mol. The molecular formula is C14H17BrClNO2S. The zero-order valence-corrected chi connectivity index (χ0v) is 14.4. The molecule has 0 aromatic heterocycles. The molecule has 0 spiro atoms. The van der Waals surface area contributed by atoms with E-state index in [1.807, 2.05) is 28.8 Å². The van der Waals surface area contributed by atoms with Crippen molar-refractivity contribution in [3.8, 4) is 0 Å². The summed E-state index contributed by atoms with van der Waals surface area (Å²) in [7, 11) is 1.65. The number of hydrogen-bond donors (Lipinski definition) is 0. The highest BCUT2D eigenvalue weighted by atomic mass is 79.9. The Kier molecular flexibility index (Phi) is 6.20. The van der Waals surface area contributed by atoms with Gasteiger partial charge in [0.1, 0.15) is 0 Å². The summed E-state index contributed by atoms with van der Waals surface area (Å²) >= 11 is 11.5. The molecule has 0 bridgehead atoms. The van der Waals surface area contributed by atoms with E-state index in [9.17, 15) is 4.79 Å². The first kappa shape index (κ1) is 16.1. The van der Waals surface area contributed by atoms with Gasteiger partial charge in [-0.3, -0.25) is 4.79 Å². The highest BCUT2D eigenvalue weighted by Crippen LogP contribution is 2.29.